The number of ether oxygens (including phenoxy) is 1. The number of aryl methyl sites for hydroxylation is 1. The molecule has 33 heavy (non-hydrogen) atoms. The third kappa shape index (κ3) is 5.11. The second-order valence-electron chi connectivity index (χ2n) is 8.49. The molecule has 0 unspecified atom stereocenters. The lowest BCUT2D eigenvalue weighted by Crippen LogP contribution is -2.56. The van der Waals surface area contributed by atoms with Crippen molar-refractivity contribution in [2.24, 2.45) is 0 Å². The van der Waals surface area contributed by atoms with Gasteiger partial charge in [0.05, 0.1) is 19.3 Å². The number of allylic oxidation sites excluding steroid dienone is 1. The third-order valence-electron chi connectivity index (χ3n) is 6.20. The number of alkyl halides is 1. The van der Waals surface area contributed by atoms with E-state index in [1.165, 1.54) is 12.0 Å². The van der Waals surface area contributed by atoms with Crippen LogP contribution in [0.4, 0.5) is 4.39 Å². The van der Waals surface area contributed by atoms with Crippen molar-refractivity contribution in [2.45, 2.75) is 31.6 Å². The highest BCUT2D eigenvalue weighted by molar-refractivity contribution is 9.11. The van der Waals surface area contributed by atoms with Gasteiger partial charge in [-0.05, 0) is 64.8 Å². The first-order valence-electron chi connectivity index (χ1n) is 11.0. The van der Waals surface area contributed by atoms with E-state index in [0.717, 1.165) is 57.1 Å². The van der Waals surface area contributed by atoms with E-state index < -0.39 is 12.6 Å². The van der Waals surface area contributed by atoms with E-state index in [9.17, 15) is 19.4 Å². The molecule has 0 atom stereocenters. The van der Waals surface area contributed by atoms with Crippen LogP contribution in [-0.4, -0.2) is 53.9 Å². The minimum atomic E-state index is -2.09. The predicted octanol–water partition coefficient (Wildman–Crippen LogP) is 4.66. The van der Waals surface area contributed by atoms with Crippen LogP contribution in [0.2, 0.25) is 0 Å². The van der Waals surface area contributed by atoms with Gasteiger partial charge in [0.25, 0.3) is 0 Å². The first kappa shape index (κ1) is 23.8. The number of esters is 1. The Morgan fingerprint density at radius 3 is 2.58 bits per heavy atom. The number of hydrogen-bond donors (Lipinski definition) is 2. The Hall–Kier alpha value is -2.32. The van der Waals surface area contributed by atoms with Crippen molar-refractivity contribution in [3.63, 3.8) is 0 Å². The Kier molecular flexibility index (Phi) is 7.14. The first-order chi connectivity index (χ1) is 15.8. The second-order valence-corrected chi connectivity index (χ2v) is 9.45. The third-order valence-corrected chi connectivity index (χ3v) is 7.00. The van der Waals surface area contributed by atoms with Crippen molar-refractivity contribution in [1.82, 2.24) is 4.90 Å². The number of benzene rings is 2. The maximum absolute atomic E-state index is 12.5. The van der Waals surface area contributed by atoms with E-state index in [0.29, 0.717) is 18.7 Å². The zero-order chi connectivity index (χ0) is 23.6. The summed E-state index contributed by atoms with van der Waals surface area (Å²) in [5.74, 6) is -2.42. The van der Waals surface area contributed by atoms with Crippen LogP contribution in [0.3, 0.4) is 0 Å². The summed E-state index contributed by atoms with van der Waals surface area (Å²) in [5, 5.41) is 19.7. The van der Waals surface area contributed by atoms with E-state index in [1.54, 1.807) is 0 Å². The van der Waals surface area contributed by atoms with Gasteiger partial charge in [-0.2, -0.15) is 0 Å². The summed E-state index contributed by atoms with van der Waals surface area (Å²) in [6, 6.07) is 14.0. The number of fused-ring (bicyclic) bond motifs is 1. The van der Waals surface area contributed by atoms with Gasteiger partial charge in [-0.3, -0.25) is 4.39 Å². The molecule has 0 saturated carbocycles. The van der Waals surface area contributed by atoms with Gasteiger partial charge in [-0.1, -0.05) is 52.3 Å². The number of rotatable bonds is 6. The fourth-order valence-electron chi connectivity index (χ4n) is 4.36. The van der Waals surface area contributed by atoms with Crippen molar-refractivity contribution in [3.05, 3.63) is 80.3 Å². The number of nitrogens with zero attached hydrogens (tertiary/aromatic N) is 1. The van der Waals surface area contributed by atoms with Crippen LogP contribution in [0, 0.1) is 0 Å². The molecule has 174 valence electrons. The van der Waals surface area contributed by atoms with Crippen LogP contribution in [0.5, 0.6) is 0 Å². The molecule has 1 saturated heterocycles. The monoisotopic (exact) mass is 515 g/mol. The standard InChI is InChI=1S/C26H27BrFNO4/c1-33-25(30)21-9-10-22-20(14-21)3-2-4-23(27)24(22)19-7-5-17(6-8-19)13-18-15-29(16-18)26(31,32)11-12-28/h5-10,13-14,31-32H,2-4,11-12,15-16H2,1H3. The van der Waals surface area contributed by atoms with Gasteiger partial charge in [-0.25, -0.2) is 9.69 Å². The lowest BCUT2D eigenvalue weighted by Gasteiger charge is -2.42. The van der Waals surface area contributed by atoms with Gasteiger partial charge >= 0.3 is 5.97 Å². The van der Waals surface area contributed by atoms with Crippen molar-refractivity contribution in [3.8, 4) is 0 Å². The molecule has 0 radical (unpaired) electrons. The number of carbonyl (C=O) groups excluding carboxylic acids is 1. The molecule has 1 aliphatic carbocycles. The average molecular weight is 516 g/mol. The molecular formula is C26H27BrFNO4. The smallest absolute Gasteiger partial charge is 0.337 e. The van der Waals surface area contributed by atoms with Gasteiger partial charge in [0.15, 0.2) is 0 Å². The van der Waals surface area contributed by atoms with Crippen molar-refractivity contribution in [2.75, 3.05) is 26.9 Å². The quantitative estimate of drug-likeness (QED) is 0.432. The van der Waals surface area contributed by atoms with E-state index in [4.69, 9.17) is 4.74 Å². The van der Waals surface area contributed by atoms with Crippen LogP contribution in [-0.2, 0) is 11.2 Å². The molecule has 4 rings (SSSR count). The molecule has 2 aromatic rings. The van der Waals surface area contributed by atoms with Gasteiger partial charge in [0.2, 0.25) is 5.91 Å². The lowest BCUT2D eigenvalue weighted by molar-refractivity contribution is -0.275. The molecular weight excluding hydrogens is 489 g/mol. The minimum absolute atomic E-state index is 0.318. The number of carbonyl (C=O) groups is 1. The Labute approximate surface area is 201 Å². The molecule has 1 heterocycles. The van der Waals surface area contributed by atoms with Gasteiger partial charge in [0, 0.05) is 24.0 Å². The second kappa shape index (κ2) is 9.89. The SMILES string of the molecule is COC(=O)c1ccc2c(c1)CCCC(Br)=C2c1ccc(C=C2CN(C(O)(O)CCF)C2)cc1. The summed E-state index contributed by atoms with van der Waals surface area (Å²) in [6.07, 6.45) is 4.50. The van der Waals surface area contributed by atoms with Crippen LogP contribution in [0.25, 0.3) is 11.6 Å². The Bertz CT molecular complexity index is 1100. The molecule has 1 aliphatic heterocycles. The Morgan fingerprint density at radius 1 is 1.18 bits per heavy atom. The summed E-state index contributed by atoms with van der Waals surface area (Å²) < 4.78 is 18.5. The van der Waals surface area contributed by atoms with Crippen LogP contribution >= 0.6 is 15.9 Å². The summed E-state index contributed by atoms with van der Waals surface area (Å²) >= 11 is 3.79. The Morgan fingerprint density at radius 2 is 1.91 bits per heavy atom. The maximum atomic E-state index is 12.5. The fraction of sp³-hybridized carbons (Fsp3) is 0.346. The van der Waals surface area contributed by atoms with Crippen molar-refractivity contribution >= 4 is 33.5 Å². The van der Waals surface area contributed by atoms with Gasteiger partial charge < -0.3 is 14.9 Å². The highest BCUT2D eigenvalue weighted by atomic mass is 79.9. The zero-order valence-corrected chi connectivity index (χ0v) is 20.1. The summed E-state index contributed by atoms with van der Waals surface area (Å²) in [6.45, 7) is 0.0330. The maximum Gasteiger partial charge on any atom is 0.337 e. The number of aliphatic hydroxyl groups is 2. The zero-order valence-electron chi connectivity index (χ0n) is 18.5. The molecule has 0 amide bonds. The normalized spacial score (nSPS) is 16.7. The van der Waals surface area contributed by atoms with E-state index >= 15 is 0 Å². The van der Waals surface area contributed by atoms with Crippen LogP contribution in [0.1, 0.15) is 51.9 Å². The van der Waals surface area contributed by atoms with E-state index in [-0.39, 0.29) is 12.4 Å². The number of likely N-dealkylation sites (tertiary alicyclic amines) is 1. The van der Waals surface area contributed by atoms with E-state index in [1.807, 2.05) is 36.4 Å². The van der Waals surface area contributed by atoms with E-state index in [2.05, 4.69) is 28.1 Å². The van der Waals surface area contributed by atoms with Crippen LogP contribution < -0.4 is 0 Å². The van der Waals surface area contributed by atoms with Crippen molar-refractivity contribution in [1.29, 1.82) is 0 Å². The first-order valence-corrected chi connectivity index (χ1v) is 11.8. The average Bonchev–Trinajstić information content (AvgIpc) is 2.93. The molecule has 5 nitrogen and oxygen atoms in total. The molecule has 1 fully saturated rings. The minimum Gasteiger partial charge on any atom is -0.465 e. The predicted molar refractivity (Wildman–Crippen MR) is 129 cm³/mol. The molecule has 2 N–H and O–H groups in total. The molecule has 0 spiro atoms. The van der Waals surface area contributed by atoms with Gasteiger partial charge in [0.1, 0.15) is 0 Å². The highest BCUT2D eigenvalue weighted by Gasteiger charge is 2.37. The highest BCUT2D eigenvalue weighted by Crippen LogP contribution is 2.38. The number of hydrogen-bond acceptors (Lipinski definition) is 5. The summed E-state index contributed by atoms with van der Waals surface area (Å²) in [7, 11) is 1.39. The number of halogens is 2. The molecule has 0 aromatic heterocycles. The summed E-state index contributed by atoms with van der Waals surface area (Å²) in [5.41, 5.74) is 7.10. The fourth-order valence-corrected chi connectivity index (χ4v) is 5.08. The van der Waals surface area contributed by atoms with Crippen molar-refractivity contribution < 1.29 is 24.1 Å². The largest absolute Gasteiger partial charge is 0.465 e. The molecule has 7 heteroatoms. The Balaban J connectivity index is 1.55. The summed E-state index contributed by atoms with van der Waals surface area (Å²) in [4.78, 5) is 13.4. The molecule has 0 bridgehead atoms. The molecule has 2 aliphatic rings. The topological polar surface area (TPSA) is 70.0 Å². The lowest BCUT2D eigenvalue weighted by atomic mass is 9.91. The molecule has 2 aromatic carbocycles. The van der Waals surface area contributed by atoms with Gasteiger partial charge in [-0.15, -0.1) is 0 Å². The van der Waals surface area contributed by atoms with Crippen LogP contribution in [0.15, 0.2) is 52.5 Å². The number of methoxy groups -OCH3 is 1.